The van der Waals surface area contributed by atoms with Crippen LogP contribution in [0, 0.1) is 0 Å². The highest BCUT2D eigenvalue weighted by Crippen LogP contribution is 2.22. The standard InChI is InChI=1S/C17H17Cl3N2O2/c1-17(2,3)22-16(23)15(20)13(9-21-22)24-10-12-6-4-5-11(7-12)8-14(18)19/h4-9H,10H2,1-3H3. The molecule has 2 aromatic rings. The SMILES string of the molecule is CC(C)(C)n1ncc(OCc2cccc(C=C(Cl)Cl)c2)c(Cl)c1=O. The first-order valence-corrected chi connectivity index (χ1v) is 8.34. The molecular formula is C17H17Cl3N2O2. The number of hydrogen-bond donors (Lipinski definition) is 0. The molecule has 0 N–H and O–H groups in total. The van der Waals surface area contributed by atoms with Crippen LogP contribution in [0.15, 0.2) is 39.7 Å². The van der Waals surface area contributed by atoms with Gasteiger partial charge in [-0.1, -0.05) is 53.0 Å². The van der Waals surface area contributed by atoms with Crippen LogP contribution in [0.2, 0.25) is 5.02 Å². The molecule has 0 amide bonds. The predicted molar refractivity (Wildman–Crippen MR) is 99.0 cm³/mol. The van der Waals surface area contributed by atoms with Gasteiger partial charge in [-0.15, -0.1) is 0 Å². The Morgan fingerprint density at radius 2 is 2.04 bits per heavy atom. The van der Waals surface area contributed by atoms with Gasteiger partial charge in [-0.2, -0.15) is 5.10 Å². The Bertz CT molecular complexity index is 819. The molecule has 24 heavy (non-hydrogen) atoms. The van der Waals surface area contributed by atoms with E-state index in [1.807, 2.05) is 45.0 Å². The van der Waals surface area contributed by atoms with Crippen LogP contribution in [0.25, 0.3) is 6.08 Å². The zero-order valence-electron chi connectivity index (χ0n) is 13.5. The Morgan fingerprint density at radius 1 is 1.33 bits per heavy atom. The van der Waals surface area contributed by atoms with Crippen LogP contribution in [0.3, 0.4) is 0 Å². The molecule has 7 heteroatoms. The van der Waals surface area contributed by atoms with E-state index in [0.29, 0.717) is 0 Å². The number of hydrogen-bond acceptors (Lipinski definition) is 3. The lowest BCUT2D eigenvalue weighted by molar-refractivity contribution is 0.292. The number of ether oxygens (including phenoxy) is 1. The minimum absolute atomic E-state index is 0.0137. The van der Waals surface area contributed by atoms with E-state index in [0.717, 1.165) is 11.1 Å². The molecule has 0 aliphatic carbocycles. The van der Waals surface area contributed by atoms with E-state index in [-0.39, 0.29) is 27.4 Å². The van der Waals surface area contributed by atoms with Gasteiger partial charge in [0.15, 0.2) is 10.8 Å². The Balaban J connectivity index is 2.20. The average Bonchev–Trinajstić information content (AvgIpc) is 2.47. The first-order chi connectivity index (χ1) is 11.2. The summed E-state index contributed by atoms with van der Waals surface area (Å²) in [6.45, 7) is 5.86. The highest BCUT2D eigenvalue weighted by atomic mass is 35.5. The Hall–Kier alpha value is -1.49. The summed E-state index contributed by atoms with van der Waals surface area (Å²) in [6, 6.07) is 7.49. The van der Waals surface area contributed by atoms with Crippen molar-refractivity contribution < 1.29 is 4.74 Å². The van der Waals surface area contributed by atoms with Crippen molar-refractivity contribution in [3.63, 3.8) is 0 Å². The van der Waals surface area contributed by atoms with Crippen LogP contribution >= 0.6 is 34.8 Å². The lowest BCUT2D eigenvalue weighted by Gasteiger charge is -2.21. The summed E-state index contributed by atoms with van der Waals surface area (Å²) < 4.78 is 7.14. The van der Waals surface area contributed by atoms with Crippen molar-refractivity contribution in [3.8, 4) is 5.75 Å². The van der Waals surface area contributed by atoms with Gasteiger partial charge in [0.1, 0.15) is 11.1 Å². The molecular weight excluding hydrogens is 371 g/mol. The smallest absolute Gasteiger partial charge is 0.289 e. The monoisotopic (exact) mass is 386 g/mol. The quantitative estimate of drug-likeness (QED) is 0.741. The van der Waals surface area contributed by atoms with Crippen molar-refractivity contribution in [1.29, 1.82) is 0 Å². The van der Waals surface area contributed by atoms with Crippen molar-refractivity contribution in [2.24, 2.45) is 0 Å². The van der Waals surface area contributed by atoms with Gasteiger partial charge in [-0.25, -0.2) is 4.68 Å². The fourth-order valence-electron chi connectivity index (χ4n) is 2.06. The molecule has 0 saturated carbocycles. The highest BCUT2D eigenvalue weighted by Gasteiger charge is 2.19. The number of halogens is 3. The van der Waals surface area contributed by atoms with Crippen molar-refractivity contribution in [3.05, 3.63) is 61.5 Å². The number of nitrogens with zero attached hydrogens (tertiary/aromatic N) is 2. The molecule has 128 valence electrons. The molecule has 1 aromatic heterocycles. The normalized spacial score (nSPS) is 11.2. The van der Waals surface area contributed by atoms with Gasteiger partial charge >= 0.3 is 0 Å². The van der Waals surface area contributed by atoms with Gasteiger partial charge in [-0.05, 0) is 44.0 Å². The van der Waals surface area contributed by atoms with Gasteiger partial charge in [-0.3, -0.25) is 4.79 Å². The molecule has 0 fully saturated rings. The minimum Gasteiger partial charge on any atom is -0.485 e. The fraction of sp³-hybridized carbons (Fsp3) is 0.294. The maximum absolute atomic E-state index is 12.3. The van der Waals surface area contributed by atoms with Crippen molar-refractivity contribution in [1.82, 2.24) is 9.78 Å². The lowest BCUT2D eigenvalue weighted by atomic mass is 10.1. The second-order valence-corrected chi connectivity index (χ2v) is 7.56. The van der Waals surface area contributed by atoms with Crippen LogP contribution in [-0.4, -0.2) is 9.78 Å². The first-order valence-electron chi connectivity index (χ1n) is 7.21. The van der Waals surface area contributed by atoms with Crippen LogP contribution in [0.5, 0.6) is 5.75 Å². The third-order valence-corrected chi connectivity index (χ3v) is 3.71. The highest BCUT2D eigenvalue weighted by molar-refractivity contribution is 6.57. The average molecular weight is 388 g/mol. The van der Waals surface area contributed by atoms with Gasteiger partial charge in [0.05, 0.1) is 11.7 Å². The lowest BCUT2D eigenvalue weighted by Crippen LogP contribution is -2.36. The Labute approximate surface area is 155 Å². The number of rotatable bonds is 4. The second-order valence-electron chi connectivity index (χ2n) is 6.18. The molecule has 1 aromatic carbocycles. The fourth-order valence-corrected chi connectivity index (χ4v) is 2.49. The summed E-state index contributed by atoms with van der Waals surface area (Å²) in [6.07, 6.45) is 3.08. The van der Waals surface area contributed by atoms with E-state index >= 15 is 0 Å². The van der Waals surface area contributed by atoms with Gasteiger partial charge in [0, 0.05) is 0 Å². The predicted octanol–water partition coefficient (Wildman–Crippen LogP) is 5.01. The minimum atomic E-state index is -0.458. The Morgan fingerprint density at radius 3 is 2.67 bits per heavy atom. The molecule has 0 spiro atoms. The van der Waals surface area contributed by atoms with Crippen LogP contribution in [-0.2, 0) is 12.1 Å². The molecule has 1 heterocycles. The third-order valence-electron chi connectivity index (χ3n) is 3.14. The molecule has 0 atom stereocenters. The summed E-state index contributed by atoms with van der Waals surface area (Å²) in [7, 11) is 0. The van der Waals surface area contributed by atoms with Gasteiger partial charge < -0.3 is 4.74 Å². The van der Waals surface area contributed by atoms with Crippen molar-refractivity contribution in [2.45, 2.75) is 32.9 Å². The van der Waals surface area contributed by atoms with E-state index in [2.05, 4.69) is 5.10 Å². The number of benzene rings is 1. The number of aromatic nitrogens is 2. The van der Waals surface area contributed by atoms with E-state index < -0.39 is 5.54 Å². The first kappa shape index (κ1) is 18.8. The van der Waals surface area contributed by atoms with E-state index in [9.17, 15) is 4.79 Å². The largest absolute Gasteiger partial charge is 0.485 e. The maximum Gasteiger partial charge on any atom is 0.289 e. The summed E-state index contributed by atoms with van der Waals surface area (Å²) in [4.78, 5) is 12.3. The van der Waals surface area contributed by atoms with Crippen LogP contribution < -0.4 is 10.3 Å². The zero-order chi connectivity index (χ0) is 17.9. The molecule has 0 saturated heterocycles. The van der Waals surface area contributed by atoms with E-state index in [4.69, 9.17) is 39.5 Å². The van der Waals surface area contributed by atoms with Crippen molar-refractivity contribution >= 4 is 40.9 Å². The molecule has 0 aliphatic heterocycles. The van der Waals surface area contributed by atoms with E-state index in [1.54, 1.807) is 6.08 Å². The summed E-state index contributed by atoms with van der Waals surface area (Å²) >= 11 is 17.4. The summed E-state index contributed by atoms with van der Waals surface area (Å²) in [5.41, 5.74) is 0.894. The van der Waals surface area contributed by atoms with Crippen LogP contribution in [0.4, 0.5) is 0 Å². The third kappa shape index (κ3) is 4.76. The zero-order valence-corrected chi connectivity index (χ0v) is 15.8. The van der Waals surface area contributed by atoms with Crippen LogP contribution in [0.1, 0.15) is 31.9 Å². The maximum atomic E-state index is 12.3. The second kappa shape index (κ2) is 7.60. The summed E-state index contributed by atoms with van der Waals surface area (Å²) in [5, 5.41) is 4.14. The molecule has 0 aliphatic rings. The topological polar surface area (TPSA) is 44.1 Å². The molecule has 0 radical (unpaired) electrons. The molecule has 4 nitrogen and oxygen atoms in total. The molecule has 0 unspecified atom stereocenters. The van der Waals surface area contributed by atoms with Gasteiger partial charge in [0.25, 0.3) is 5.56 Å². The molecule has 2 rings (SSSR count). The Kier molecular flexibility index (Phi) is 5.97. The van der Waals surface area contributed by atoms with E-state index in [1.165, 1.54) is 10.9 Å². The van der Waals surface area contributed by atoms with Gasteiger partial charge in [0.2, 0.25) is 0 Å². The molecule has 0 bridgehead atoms. The summed E-state index contributed by atoms with van der Waals surface area (Å²) in [5.74, 6) is 0.249. The van der Waals surface area contributed by atoms with Crippen molar-refractivity contribution in [2.75, 3.05) is 0 Å².